The molecule has 0 fully saturated rings. The minimum absolute atomic E-state index is 0.235. The Labute approximate surface area is 147 Å². The summed E-state index contributed by atoms with van der Waals surface area (Å²) in [6.45, 7) is 1.96. The first kappa shape index (κ1) is 16.5. The van der Waals surface area contributed by atoms with Crippen LogP contribution in [0, 0.1) is 18.3 Å². The van der Waals surface area contributed by atoms with Crippen LogP contribution < -0.4 is 10.6 Å². The number of anilines is 2. The van der Waals surface area contributed by atoms with E-state index in [1.807, 2.05) is 63.4 Å². The number of nitrogens with two attached hydrogens (primary N) is 1. The maximum Gasteiger partial charge on any atom is 0.142 e. The van der Waals surface area contributed by atoms with Crippen LogP contribution in [-0.4, -0.2) is 28.9 Å². The maximum absolute atomic E-state index is 9.60. The van der Waals surface area contributed by atoms with E-state index >= 15 is 0 Å². The molecular formula is C19H20N6. The van der Waals surface area contributed by atoms with E-state index in [-0.39, 0.29) is 5.82 Å². The van der Waals surface area contributed by atoms with Crippen LogP contribution in [0.5, 0.6) is 0 Å². The lowest BCUT2D eigenvalue weighted by atomic mass is 9.93. The van der Waals surface area contributed by atoms with Gasteiger partial charge in [0, 0.05) is 44.2 Å². The van der Waals surface area contributed by atoms with E-state index < -0.39 is 0 Å². The van der Waals surface area contributed by atoms with Gasteiger partial charge >= 0.3 is 0 Å². The van der Waals surface area contributed by atoms with Gasteiger partial charge in [-0.15, -0.1) is 0 Å². The Bertz CT molecular complexity index is 961. The predicted octanol–water partition coefficient (Wildman–Crippen LogP) is 2.98. The molecule has 25 heavy (non-hydrogen) atoms. The van der Waals surface area contributed by atoms with Gasteiger partial charge in [-0.2, -0.15) is 10.4 Å². The molecule has 0 amide bonds. The van der Waals surface area contributed by atoms with Crippen LogP contribution in [0.2, 0.25) is 0 Å². The second kappa shape index (κ2) is 6.29. The molecule has 0 atom stereocenters. The monoisotopic (exact) mass is 332 g/mol. The summed E-state index contributed by atoms with van der Waals surface area (Å²) in [6.07, 6.45) is 3.64. The van der Waals surface area contributed by atoms with Gasteiger partial charge in [-0.3, -0.25) is 4.68 Å². The molecule has 0 bridgehead atoms. The normalized spacial score (nSPS) is 10.5. The SMILES string of the molecule is Cc1c(-c2cnn(C)c2)nc(N)c(C#N)c1-c1ccc(N(C)C)cc1. The molecule has 2 N–H and O–H groups in total. The highest BCUT2D eigenvalue weighted by atomic mass is 15.2. The minimum atomic E-state index is 0.235. The molecule has 1 aromatic carbocycles. The smallest absolute Gasteiger partial charge is 0.142 e. The molecule has 0 radical (unpaired) electrons. The number of nitriles is 1. The molecule has 0 saturated carbocycles. The van der Waals surface area contributed by atoms with Crippen molar-refractivity contribution in [2.75, 3.05) is 24.7 Å². The Morgan fingerprint density at radius 1 is 1.16 bits per heavy atom. The lowest BCUT2D eigenvalue weighted by Gasteiger charge is -2.16. The fourth-order valence-electron chi connectivity index (χ4n) is 2.92. The lowest BCUT2D eigenvalue weighted by Crippen LogP contribution is -2.08. The molecule has 6 nitrogen and oxygen atoms in total. The number of hydrogen-bond acceptors (Lipinski definition) is 5. The van der Waals surface area contributed by atoms with Crippen LogP contribution in [-0.2, 0) is 7.05 Å². The Morgan fingerprint density at radius 2 is 1.84 bits per heavy atom. The van der Waals surface area contributed by atoms with Crippen molar-refractivity contribution < 1.29 is 0 Å². The Kier molecular flexibility index (Phi) is 4.15. The zero-order chi connectivity index (χ0) is 18.1. The van der Waals surface area contributed by atoms with E-state index in [0.717, 1.165) is 33.6 Å². The first-order valence-electron chi connectivity index (χ1n) is 7.89. The Balaban J connectivity index is 2.24. The Hall–Kier alpha value is -3.33. The van der Waals surface area contributed by atoms with Gasteiger partial charge in [0.05, 0.1) is 11.9 Å². The van der Waals surface area contributed by atoms with Gasteiger partial charge in [0.1, 0.15) is 17.5 Å². The average Bonchev–Trinajstić information content (AvgIpc) is 3.02. The third-order valence-corrected chi connectivity index (χ3v) is 4.23. The van der Waals surface area contributed by atoms with Crippen molar-refractivity contribution in [2.24, 2.45) is 7.05 Å². The summed E-state index contributed by atoms with van der Waals surface area (Å²) < 4.78 is 1.72. The zero-order valence-corrected chi connectivity index (χ0v) is 14.8. The van der Waals surface area contributed by atoms with Crippen molar-refractivity contribution in [1.82, 2.24) is 14.8 Å². The predicted molar refractivity (Wildman–Crippen MR) is 100 cm³/mol. The van der Waals surface area contributed by atoms with Crippen molar-refractivity contribution in [3.63, 3.8) is 0 Å². The average molecular weight is 332 g/mol. The van der Waals surface area contributed by atoms with Crippen LogP contribution in [0.1, 0.15) is 11.1 Å². The van der Waals surface area contributed by atoms with Crippen molar-refractivity contribution in [3.8, 4) is 28.5 Å². The molecule has 0 saturated heterocycles. The number of rotatable bonds is 3. The molecule has 2 aromatic heterocycles. The fraction of sp³-hybridized carbons (Fsp3) is 0.211. The topological polar surface area (TPSA) is 83.8 Å². The van der Waals surface area contributed by atoms with Gasteiger partial charge in [0.15, 0.2) is 0 Å². The quantitative estimate of drug-likeness (QED) is 0.797. The third-order valence-electron chi connectivity index (χ3n) is 4.23. The molecule has 2 heterocycles. The second-order valence-corrected chi connectivity index (χ2v) is 6.18. The number of benzene rings is 1. The molecule has 0 spiro atoms. The van der Waals surface area contributed by atoms with Crippen LogP contribution in [0.25, 0.3) is 22.4 Å². The number of pyridine rings is 1. The van der Waals surface area contributed by atoms with E-state index in [1.54, 1.807) is 10.9 Å². The van der Waals surface area contributed by atoms with Crippen LogP contribution in [0.4, 0.5) is 11.5 Å². The van der Waals surface area contributed by atoms with Gasteiger partial charge in [0.2, 0.25) is 0 Å². The molecule has 3 aromatic rings. The van der Waals surface area contributed by atoms with Gasteiger partial charge in [-0.05, 0) is 30.2 Å². The molecule has 3 rings (SSSR count). The van der Waals surface area contributed by atoms with Crippen LogP contribution >= 0.6 is 0 Å². The van der Waals surface area contributed by atoms with E-state index in [1.165, 1.54) is 0 Å². The molecule has 126 valence electrons. The summed E-state index contributed by atoms with van der Waals surface area (Å²) in [7, 11) is 5.84. The number of aryl methyl sites for hydroxylation is 1. The van der Waals surface area contributed by atoms with Gasteiger partial charge < -0.3 is 10.6 Å². The van der Waals surface area contributed by atoms with Gasteiger partial charge in [-0.25, -0.2) is 4.98 Å². The fourth-order valence-corrected chi connectivity index (χ4v) is 2.92. The summed E-state index contributed by atoms with van der Waals surface area (Å²) in [5.41, 5.74) is 11.9. The summed E-state index contributed by atoms with van der Waals surface area (Å²) in [6, 6.07) is 10.3. The minimum Gasteiger partial charge on any atom is -0.383 e. The molecule has 0 aliphatic carbocycles. The number of aromatic nitrogens is 3. The lowest BCUT2D eigenvalue weighted by molar-refractivity contribution is 0.768. The molecule has 0 aliphatic rings. The summed E-state index contributed by atoms with van der Waals surface area (Å²) >= 11 is 0. The first-order valence-corrected chi connectivity index (χ1v) is 7.89. The maximum atomic E-state index is 9.60. The summed E-state index contributed by atoms with van der Waals surface area (Å²) in [4.78, 5) is 6.48. The third kappa shape index (κ3) is 2.92. The highest BCUT2D eigenvalue weighted by molar-refractivity contribution is 5.84. The van der Waals surface area contributed by atoms with E-state index in [0.29, 0.717) is 5.56 Å². The van der Waals surface area contributed by atoms with Gasteiger partial charge in [-0.1, -0.05) is 12.1 Å². The number of hydrogen-bond donors (Lipinski definition) is 1. The van der Waals surface area contributed by atoms with Crippen molar-refractivity contribution in [1.29, 1.82) is 5.26 Å². The zero-order valence-electron chi connectivity index (χ0n) is 14.8. The van der Waals surface area contributed by atoms with Crippen molar-refractivity contribution in [2.45, 2.75) is 6.92 Å². The van der Waals surface area contributed by atoms with Crippen LogP contribution in [0.3, 0.4) is 0 Å². The first-order chi connectivity index (χ1) is 11.9. The highest BCUT2D eigenvalue weighted by Crippen LogP contribution is 2.36. The molecule has 0 aliphatic heterocycles. The van der Waals surface area contributed by atoms with Gasteiger partial charge in [0.25, 0.3) is 0 Å². The van der Waals surface area contributed by atoms with Crippen LogP contribution in [0.15, 0.2) is 36.7 Å². The van der Waals surface area contributed by atoms with Crippen molar-refractivity contribution >= 4 is 11.5 Å². The van der Waals surface area contributed by atoms with E-state index in [9.17, 15) is 5.26 Å². The molecular weight excluding hydrogens is 312 g/mol. The highest BCUT2D eigenvalue weighted by Gasteiger charge is 2.19. The second-order valence-electron chi connectivity index (χ2n) is 6.18. The number of nitrogen functional groups attached to an aromatic ring is 1. The Morgan fingerprint density at radius 3 is 2.36 bits per heavy atom. The van der Waals surface area contributed by atoms with E-state index in [4.69, 9.17) is 5.73 Å². The standard InChI is InChI=1S/C19H20N6/c1-12-17(13-5-7-15(8-6-13)24(2)3)16(9-20)19(21)23-18(12)14-10-22-25(4)11-14/h5-8,10-11H,1-4H3,(H2,21,23). The largest absolute Gasteiger partial charge is 0.383 e. The number of nitrogens with zero attached hydrogens (tertiary/aromatic N) is 5. The van der Waals surface area contributed by atoms with E-state index in [2.05, 4.69) is 16.2 Å². The molecule has 0 unspecified atom stereocenters. The molecule has 6 heteroatoms. The van der Waals surface area contributed by atoms with Crippen molar-refractivity contribution in [3.05, 3.63) is 47.8 Å². The summed E-state index contributed by atoms with van der Waals surface area (Å²) in [5, 5.41) is 13.8. The summed E-state index contributed by atoms with van der Waals surface area (Å²) in [5.74, 6) is 0.235.